The summed E-state index contributed by atoms with van der Waals surface area (Å²) in [4.78, 5) is 17.0. The molecule has 0 atom stereocenters. The first-order valence-corrected chi connectivity index (χ1v) is 11.3. The molecule has 1 N–H and O–H groups in total. The third-order valence-electron chi connectivity index (χ3n) is 5.65. The van der Waals surface area contributed by atoms with Crippen LogP contribution in [0.5, 0.6) is 5.75 Å². The van der Waals surface area contributed by atoms with Gasteiger partial charge in [-0.2, -0.15) is 15.1 Å². The van der Waals surface area contributed by atoms with Crippen LogP contribution in [0, 0.1) is 25.1 Å². The molecule has 5 rings (SSSR count). The molecule has 170 valence electrons. The lowest BCUT2D eigenvalue weighted by atomic mass is 10.1. The number of halogens is 1. The number of hydrogen-bond acceptors (Lipinski definition) is 5. The van der Waals surface area contributed by atoms with Crippen LogP contribution in [0.25, 0.3) is 11.8 Å². The van der Waals surface area contributed by atoms with Crippen molar-refractivity contribution in [3.05, 3.63) is 88.5 Å². The second-order valence-corrected chi connectivity index (χ2v) is 8.69. The van der Waals surface area contributed by atoms with E-state index in [0.717, 1.165) is 40.2 Å². The van der Waals surface area contributed by atoms with Gasteiger partial charge in [-0.05, 0) is 67.6 Å². The third kappa shape index (κ3) is 3.54. The molecule has 0 unspecified atom stereocenters. The molecule has 1 aromatic heterocycles. The van der Waals surface area contributed by atoms with E-state index in [1.165, 1.54) is 11.1 Å². The molecule has 3 aromatic rings. The van der Waals surface area contributed by atoms with Crippen molar-refractivity contribution in [3.63, 3.8) is 0 Å². The number of amidine groups is 2. The second-order valence-electron chi connectivity index (χ2n) is 7.74. The maximum absolute atomic E-state index is 14.2. The molecular weight excluding hydrogens is 453 g/mol. The van der Waals surface area contributed by atoms with Crippen molar-refractivity contribution >= 4 is 39.8 Å². The number of benzene rings is 2. The van der Waals surface area contributed by atoms with Crippen molar-refractivity contribution in [3.8, 4) is 11.4 Å². The van der Waals surface area contributed by atoms with Crippen LogP contribution in [0.1, 0.15) is 22.5 Å². The van der Waals surface area contributed by atoms with E-state index in [0.29, 0.717) is 10.6 Å². The number of nitrogens with one attached hydrogen (secondary N) is 1. The van der Waals surface area contributed by atoms with Gasteiger partial charge in [-0.15, -0.1) is 0 Å². The first-order valence-electron chi connectivity index (χ1n) is 10.5. The molecule has 2 aromatic carbocycles. The van der Waals surface area contributed by atoms with E-state index in [2.05, 4.69) is 10.1 Å². The monoisotopic (exact) mass is 473 g/mol. The molecule has 7 nitrogen and oxygen atoms in total. The van der Waals surface area contributed by atoms with Crippen molar-refractivity contribution in [1.29, 1.82) is 5.41 Å². The maximum atomic E-state index is 14.2. The summed E-state index contributed by atoms with van der Waals surface area (Å²) in [5, 5.41) is 14.9. The summed E-state index contributed by atoms with van der Waals surface area (Å²) in [5.41, 5.74) is 3.91. The van der Waals surface area contributed by atoms with Gasteiger partial charge in [-0.25, -0.2) is 4.39 Å². The Morgan fingerprint density at radius 2 is 1.85 bits per heavy atom. The number of amides is 1. The smallest absolute Gasteiger partial charge is 0.283 e. The number of ether oxygens (including phenoxy) is 1. The van der Waals surface area contributed by atoms with Crippen LogP contribution in [-0.4, -0.2) is 38.6 Å². The van der Waals surface area contributed by atoms with Crippen LogP contribution in [0.15, 0.2) is 70.3 Å². The normalized spacial score (nSPS) is 16.6. The van der Waals surface area contributed by atoms with Gasteiger partial charge >= 0.3 is 0 Å². The standard InChI is InChI=1S/C25H20FN5O2S/c1-14-12-16(15(2)30(14)20-10-6-7-11-21(20)33-3)13-18-22(27)31-25(28-23(18)32)34-24(29-31)17-8-4-5-9-19(17)26/h4-13,27H,1-3H3/b18-13-,27-22?. The highest BCUT2D eigenvalue weighted by molar-refractivity contribution is 8.27. The Morgan fingerprint density at radius 1 is 1.12 bits per heavy atom. The Morgan fingerprint density at radius 3 is 2.62 bits per heavy atom. The van der Waals surface area contributed by atoms with Gasteiger partial charge in [0.2, 0.25) is 5.17 Å². The van der Waals surface area contributed by atoms with Gasteiger partial charge in [-0.1, -0.05) is 24.3 Å². The summed E-state index contributed by atoms with van der Waals surface area (Å²) in [7, 11) is 1.62. The molecular formula is C25H20FN5O2S. The summed E-state index contributed by atoms with van der Waals surface area (Å²) in [6.07, 6.45) is 1.65. The fraction of sp³-hybridized carbons (Fsp3) is 0.120. The van der Waals surface area contributed by atoms with Gasteiger partial charge in [0.25, 0.3) is 5.91 Å². The molecule has 0 saturated heterocycles. The van der Waals surface area contributed by atoms with Crippen molar-refractivity contribution in [2.45, 2.75) is 13.8 Å². The summed E-state index contributed by atoms with van der Waals surface area (Å²) >= 11 is 1.07. The van der Waals surface area contributed by atoms with Crippen LogP contribution in [0.2, 0.25) is 0 Å². The van der Waals surface area contributed by atoms with Crippen LogP contribution in [-0.2, 0) is 4.79 Å². The average molecular weight is 474 g/mol. The van der Waals surface area contributed by atoms with Crippen molar-refractivity contribution in [1.82, 2.24) is 9.58 Å². The van der Waals surface area contributed by atoms with Gasteiger partial charge in [0.05, 0.1) is 18.4 Å². The predicted octanol–water partition coefficient (Wildman–Crippen LogP) is 4.91. The molecule has 0 bridgehead atoms. The number of fused-ring (bicyclic) bond motifs is 1. The number of carbonyl (C=O) groups excluding carboxylic acids is 1. The Balaban J connectivity index is 1.53. The number of hydrazone groups is 1. The minimum atomic E-state index is -0.532. The van der Waals surface area contributed by atoms with Gasteiger partial charge in [0.15, 0.2) is 5.84 Å². The Kier molecular flexibility index (Phi) is 5.41. The number of rotatable bonds is 4. The Bertz CT molecular complexity index is 1450. The molecule has 0 saturated carbocycles. The number of aromatic nitrogens is 1. The van der Waals surface area contributed by atoms with Gasteiger partial charge in [0.1, 0.15) is 16.6 Å². The lowest BCUT2D eigenvalue weighted by Crippen LogP contribution is -2.35. The molecule has 3 heterocycles. The SMILES string of the molecule is COc1ccccc1-n1c(C)cc(/C=C2/C(=N)N3N=C(c4ccccc4F)SC3=NC2=O)c1C. The van der Waals surface area contributed by atoms with E-state index >= 15 is 0 Å². The zero-order valence-corrected chi connectivity index (χ0v) is 19.5. The van der Waals surface area contributed by atoms with E-state index in [4.69, 9.17) is 10.1 Å². The third-order valence-corrected chi connectivity index (χ3v) is 6.60. The maximum Gasteiger partial charge on any atom is 0.283 e. The first-order chi connectivity index (χ1) is 16.4. The van der Waals surface area contributed by atoms with Crippen molar-refractivity contribution in [2.75, 3.05) is 7.11 Å². The zero-order chi connectivity index (χ0) is 24.0. The summed E-state index contributed by atoms with van der Waals surface area (Å²) in [6.45, 7) is 3.91. The van der Waals surface area contributed by atoms with Crippen LogP contribution < -0.4 is 4.74 Å². The number of carbonyl (C=O) groups is 1. The summed E-state index contributed by atoms with van der Waals surface area (Å²) in [5.74, 6) is -0.332. The number of aryl methyl sites for hydroxylation is 1. The topological polar surface area (TPSA) is 83.0 Å². The Labute approximate surface area is 199 Å². The van der Waals surface area contributed by atoms with Crippen molar-refractivity contribution < 1.29 is 13.9 Å². The van der Waals surface area contributed by atoms with E-state index in [-0.39, 0.29) is 16.6 Å². The lowest BCUT2D eigenvalue weighted by molar-refractivity contribution is -0.114. The highest BCUT2D eigenvalue weighted by Crippen LogP contribution is 2.33. The fourth-order valence-electron chi connectivity index (χ4n) is 4.01. The van der Waals surface area contributed by atoms with E-state index in [1.54, 1.807) is 31.4 Å². The number of hydrogen-bond donors (Lipinski definition) is 1. The highest BCUT2D eigenvalue weighted by atomic mass is 32.2. The summed E-state index contributed by atoms with van der Waals surface area (Å²) < 4.78 is 21.8. The average Bonchev–Trinajstić information content (AvgIpc) is 3.37. The molecule has 0 aliphatic carbocycles. The number of nitrogens with zero attached hydrogens (tertiary/aromatic N) is 4. The zero-order valence-electron chi connectivity index (χ0n) is 18.7. The minimum Gasteiger partial charge on any atom is -0.495 e. The molecule has 2 aliphatic rings. The minimum absolute atomic E-state index is 0.101. The molecule has 9 heteroatoms. The number of thioether (sulfide) groups is 1. The summed E-state index contributed by atoms with van der Waals surface area (Å²) in [6, 6.07) is 15.9. The van der Waals surface area contributed by atoms with Crippen LogP contribution in [0.3, 0.4) is 0 Å². The molecule has 2 aliphatic heterocycles. The molecule has 1 amide bonds. The largest absolute Gasteiger partial charge is 0.495 e. The molecule has 0 fully saturated rings. The van der Waals surface area contributed by atoms with E-state index in [1.807, 2.05) is 48.7 Å². The highest BCUT2D eigenvalue weighted by Gasteiger charge is 2.36. The lowest BCUT2D eigenvalue weighted by Gasteiger charge is -2.20. The van der Waals surface area contributed by atoms with Crippen LogP contribution >= 0.6 is 11.8 Å². The fourth-order valence-corrected chi connectivity index (χ4v) is 4.93. The molecule has 0 spiro atoms. The van der Waals surface area contributed by atoms with Crippen LogP contribution in [0.4, 0.5) is 4.39 Å². The van der Waals surface area contributed by atoms with Gasteiger partial charge in [0, 0.05) is 17.0 Å². The first kappa shape index (κ1) is 21.8. The van der Waals surface area contributed by atoms with Gasteiger partial charge in [-0.3, -0.25) is 10.2 Å². The quantitative estimate of drug-likeness (QED) is 0.546. The van der Waals surface area contributed by atoms with Gasteiger partial charge < -0.3 is 9.30 Å². The van der Waals surface area contributed by atoms with Crippen molar-refractivity contribution in [2.24, 2.45) is 10.1 Å². The second kappa shape index (κ2) is 8.42. The molecule has 34 heavy (non-hydrogen) atoms. The number of aliphatic imine (C=N–C) groups is 1. The number of methoxy groups -OCH3 is 1. The molecule has 0 radical (unpaired) electrons. The Hall–Kier alpha value is -3.98. The number of para-hydroxylation sites is 2. The predicted molar refractivity (Wildman–Crippen MR) is 132 cm³/mol. The van der Waals surface area contributed by atoms with E-state index < -0.39 is 11.7 Å². The van der Waals surface area contributed by atoms with E-state index in [9.17, 15) is 9.18 Å².